The Hall–Kier alpha value is -1.56. The second kappa shape index (κ2) is 3.54. The van der Waals surface area contributed by atoms with E-state index in [4.69, 9.17) is 11.5 Å². The molecular weight excluding hydrogens is 194 g/mol. The topological polar surface area (TPSA) is 101 Å². The first kappa shape index (κ1) is 9.97. The molecule has 15 heavy (non-hydrogen) atoms. The Kier molecular flexibility index (Phi) is 2.36. The summed E-state index contributed by atoms with van der Waals surface area (Å²) in [5.74, 6) is 0.934. The van der Waals surface area contributed by atoms with E-state index in [-0.39, 0.29) is 17.3 Å². The summed E-state index contributed by atoms with van der Waals surface area (Å²) in [6.07, 6.45) is 1.36. The van der Waals surface area contributed by atoms with Crippen molar-refractivity contribution in [2.24, 2.45) is 11.7 Å². The average molecular weight is 209 g/mol. The minimum atomic E-state index is -0.298. The molecule has 6 nitrogen and oxygen atoms in total. The number of aromatic nitrogens is 2. The average Bonchev–Trinajstić information content (AvgIpc) is 2.51. The van der Waals surface area contributed by atoms with Gasteiger partial charge in [0.1, 0.15) is 5.69 Å². The molecule has 1 aliphatic rings. The Morgan fingerprint density at radius 3 is 2.93 bits per heavy atom. The minimum absolute atomic E-state index is 0.116. The van der Waals surface area contributed by atoms with Gasteiger partial charge in [0, 0.05) is 19.1 Å². The predicted octanol–water partition coefficient (Wildman–Crippen LogP) is -0.864. The van der Waals surface area contributed by atoms with E-state index in [2.05, 4.69) is 16.9 Å². The number of nitrogens with two attached hydrogens (primary N) is 2. The third-order valence-electron chi connectivity index (χ3n) is 2.84. The number of hydrogen-bond acceptors (Lipinski definition) is 5. The molecule has 1 saturated heterocycles. The van der Waals surface area contributed by atoms with Crippen LogP contribution in [0.5, 0.6) is 0 Å². The van der Waals surface area contributed by atoms with Crippen molar-refractivity contribution in [1.29, 1.82) is 0 Å². The van der Waals surface area contributed by atoms with Gasteiger partial charge in [-0.1, -0.05) is 6.92 Å². The quantitative estimate of drug-likeness (QED) is 0.558. The predicted molar refractivity (Wildman–Crippen MR) is 58.6 cm³/mol. The zero-order valence-electron chi connectivity index (χ0n) is 8.60. The number of hydrogen-bond donors (Lipinski definition) is 3. The van der Waals surface area contributed by atoms with Gasteiger partial charge in [-0.15, -0.1) is 0 Å². The smallest absolute Gasteiger partial charge is 0.276 e. The monoisotopic (exact) mass is 209 g/mol. The first-order valence-electron chi connectivity index (χ1n) is 4.93. The first-order chi connectivity index (χ1) is 7.09. The highest BCUT2D eigenvalue weighted by molar-refractivity contribution is 5.61. The molecule has 0 aromatic carbocycles. The van der Waals surface area contributed by atoms with Gasteiger partial charge in [-0.3, -0.25) is 4.79 Å². The van der Waals surface area contributed by atoms with E-state index in [1.165, 1.54) is 6.33 Å². The summed E-state index contributed by atoms with van der Waals surface area (Å²) < 4.78 is 0. The van der Waals surface area contributed by atoms with Crippen molar-refractivity contribution >= 4 is 11.5 Å². The molecule has 5 N–H and O–H groups in total. The van der Waals surface area contributed by atoms with Gasteiger partial charge in [-0.25, -0.2) is 4.98 Å². The lowest BCUT2D eigenvalue weighted by molar-refractivity contribution is 0.566. The Morgan fingerprint density at radius 1 is 1.60 bits per heavy atom. The van der Waals surface area contributed by atoms with Crippen molar-refractivity contribution < 1.29 is 0 Å². The van der Waals surface area contributed by atoms with E-state index >= 15 is 0 Å². The maximum atomic E-state index is 11.3. The fraction of sp³-hybridized carbons (Fsp3) is 0.556. The molecule has 1 aromatic rings. The second-order valence-electron chi connectivity index (χ2n) is 4.02. The van der Waals surface area contributed by atoms with Gasteiger partial charge in [-0.2, -0.15) is 0 Å². The van der Waals surface area contributed by atoms with Crippen LogP contribution in [0.1, 0.15) is 6.92 Å². The van der Waals surface area contributed by atoms with E-state index in [1.807, 2.05) is 4.90 Å². The summed E-state index contributed by atoms with van der Waals surface area (Å²) in [7, 11) is 0. The van der Waals surface area contributed by atoms with Gasteiger partial charge in [0.25, 0.3) is 5.56 Å². The van der Waals surface area contributed by atoms with E-state index in [0.717, 1.165) is 6.54 Å². The second-order valence-corrected chi connectivity index (χ2v) is 4.02. The zero-order valence-corrected chi connectivity index (χ0v) is 8.60. The summed E-state index contributed by atoms with van der Waals surface area (Å²) in [5.41, 5.74) is 11.4. The first-order valence-corrected chi connectivity index (χ1v) is 4.93. The van der Waals surface area contributed by atoms with Crippen molar-refractivity contribution in [3.05, 3.63) is 16.7 Å². The molecule has 0 aliphatic carbocycles. The summed E-state index contributed by atoms with van der Waals surface area (Å²) in [6, 6.07) is 0.116. The SMILES string of the molecule is CC1CN(c2nc[nH]c(=O)c2N)CC1N. The molecule has 2 heterocycles. The Balaban J connectivity index is 2.32. The third kappa shape index (κ3) is 1.68. The van der Waals surface area contributed by atoms with E-state index in [9.17, 15) is 4.79 Å². The van der Waals surface area contributed by atoms with Crippen LogP contribution in [0.4, 0.5) is 11.5 Å². The van der Waals surface area contributed by atoms with Crippen LogP contribution in [0.25, 0.3) is 0 Å². The number of H-pyrrole nitrogens is 1. The Bertz CT molecular complexity index is 405. The molecule has 82 valence electrons. The molecule has 2 rings (SSSR count). The van der Waals surface area contributed by atoms with Crippen molar-refractivity contribution in [3.8, 4) is 0 Å². The van der Waals surface area contributed by atoms with Crippen molar-refractivity contribution in [1.82, 2.24) is 9.97 Å². The fourth-order valence-electron chi connectivity index (χ4n) is 1.82. The van der Waals surface area contributed by atoms with E-state index < -0.39 is 0 Å². The Morgan fingerprint density at radius 2 is 2.33 bits per heavy atom. The van der Waals surface area contributed by atoms with Gasteiger partial charge < -0.3 is 21.4 Å². The molecule has 0 bridgehead atoms. The van der Waals surface area contributed by atoms with Crippen LogP contribution >= 0.6 is 0 Å². The summed E-state index contributed by atoms with van der Waals surface area (Å²) in [6.45, 7) is 3.57. The van der Waals surface area contributed by atoms with E-state index in [1.54, 1.807) is 0 Å². The van der Waals surface area contributed by atoms with Crippen molar-refractivity contribution in [2.75, 3.05) is 23.7 Å². The van der Waals surface area contributed by atoms with Crippen LogP contribution in [0.15, 0.2) is 11.1 Å². The van der Waals surface area contributed by atoms with Crippen LogP contribution in [-0.2, 0) is 0 Å². The number of nitrogens with one attached hydrogen (secondary N) is 1. The molecule has 2 unspecified atom stereocenters. The highest BCUT2D eigenvalue weighted by Gasteiger charge is 2.28. The summed E-state index contributed by atoms with van der Waals surface area (Å²) >= 11 is 0. The van der Waals surface area contributed by atoms with Crippen molar-refractivity contribution in [3.63, 3.8) is 0 Å². The van der Waals surface area contributed by atoms with Crippen LogP contribution < -0.4 is 21.9 Å². The lowest BCUT2D eigenvalue weighted by Gasteiger charge is -2.17. The minimum Gasteiger partial charge on any atom is -0.391 e. The van der Waals surface area contributed by atoms with Gasteiger partial charge in [-0.05, 0) is 5.92 Å². The molecule has 1 aromatic heterocycles. The van der Waals surface area contributed by atoms with Gasteiger partial charge in [0.15, 0.2) is 5.82 Å². The highest BCUT2D eigenvalue weighted by Crippen LogP contribution is 2.23. The standard InChI is InChI=1S/C9H15N5O/c1-5-2-14(3-6(5)10)8-7(11)9(15)13-4-12-8/h4-6H,2-3,10-11H2,1H3,(H,12,13,15). The Labute approximate surface area is 87.3 Å². The molecular formula is C9H15N5O. The van der Waals surface area contributed by atoms with Crippen LogP contribution in [-0.4, -0.2) is 29.1 Å². The molecule has 0 spiro atoms. The van der Waals surface area contributed by atoms with Gasteiger partial charge >= 0.3 is 0 Å². The number of aromatic amines is 1. The maximum absolute atomic E-state index is 11.3. The maximum Gasteiger partial charge on any atom is 0.276 e. The van der Waals surface area contributed by atoms with E-state index in [0.29, 0.717) is 18.3 Å². The molecule has 0 saturated carbocycles. The van der Waals surface area contributed by atoms with Gasteiger partial charge in [0.2, 0.25) is 0 Å². The number of nitrogen functional groups attached to an aromatic ring is 1. The third-order valence-corrected chi connectivity index (χ3v) is 2.84. The molecule has 0 radical (unpaired) electrons. The molecule has 6 heteroatoms. The number of anilines is 2. The number of nitrogens with zero attached hydrogens (tertiary/aromatic N) is 2. The number of rotatable bonds is 1. The highest BCUT2D eigenvalue weighted by atomic mass is 16.1. The van der Waals surface area contributed by atoms with Gasteiger partial charge in [0.05, 0.1) is 6.33 Å². The molecule has 1 fully saturated rings. The molecule has 0 amide bonds. The van der Waals surface area contributed by atoms with Crippen molar-refractivity contribution in [2.45, 2.75) is 13.0 Å². The summed E-state index contributed by atoms with van der Waals surface area (Å²) in [4.78, 5) is 19.8. The van der Waals surface area contributed by atoms with Crippen LogP contribution in [0.3, 0.4) is 0 Å². The summed E-state index contributed by atoms with van der Waals surface area (Å²) in [5, 5.41) is 0. The van der Waals surface area contributed by atoms with Crippen LogP contribution in [0, 0.1) is 5.92 Å². The van der Waals surface area contributed by atoms with Crippen LogP contribution in [0.2, 0.25) is 0 Å². The largest absolute Gasteiger partial charge is 0.391 e. The molecule has 1 aliphatic heterocycles. The lowest BCUT2D eigenvalue weighted by atomic mass is 10.1. The fourth-order valence-corrected chi connectivity index (χ4v) is 1.82. The normalized spacial score (nSPS) is 25.9. The lowest BCUT2D eigenvalue weighted by Crippen LogP contribution is -2.30. The zero-order chi connectivity index (χ0) is 11.0. The molecule has 2 atom stereocenters.